The number of nitrogens with two attached hydrogens (primary N) is 1. The lowest BCUT2D eigenvalue weighted by atomic mass is 10.2. The molecule has 0 aliphatic rings. The average molecular weight is 278 g/mol. The SMILES string of the molecule is Cc1cc(N=Nc2ccccc2C)ccc1N.OCl. The largest absolute Gasteiger partial charge is 0.399 e. The number of aryl methyl sites for hydroxylation is 2. The van der Waals surface area contributed by atoms with E-state index in [4.69, 9.17) is 10.4 Å². The van der Waals surface area contributed by atoms with E-state index in [1.807, 2.05) is 56.3 Å². The lowest BCUT2D eigenvalue weighted by molar-refractivity contribution is 0.632. The second kappa shape index (κ2) is 7.51. The van der Waals surface area contributed by atoms with Gasteiger partial charge in [-0.15, -0.1) is 0 Å². The summed E-state index contributed by atoms with van der Waals surface area (Å²) in [5.41, 5.74) is 10.4. The van der Waals surface area contributed by atoms with Crippen molar-refractivity contribution in [2.45, 2.75) is 13.8 Å². The van der Waals surface area contributed by atoms with Crippen molar-refractivity contribution in [1.82, 2.24) is 0 Å². The van der Waals surface area contributed by atoms with Crippen LogP contribution in [0.1, 0.15) is 11.1 Å². The maximum absolute atomic E-state index is 6.47. The predicted molar refractivity (Wildman–Crippen MR) is 79.0 cm³/mol. The Morgan fingerprint density at radius 1 is 0.947 bits per heavy atom. The fourth-order valence-electron chi connectivity index (χ4n) is 1.51. The Bertz CT molecular complexity index is 570. The minimum atomic E-state index is 0.778. The van der Waals surface area contributed by atoms with Crippen LogP contribution in [0, 0.1) is 13.8 Å². The van der Waals surface area contributed by atoms with E-state index in [9.17, 15) is 0 Å². The quantitative estimate of drug-likeness (QED) is 0.629. The first-order valence-electron chi connectivity index (χ1n) is 5.67. The van der Waals surface area contributed by atoms with E-state index in [1.54, 1.807) is 0 Å². The summed E-state index contributed by atoms with van der Waals surface area (Å²) in [4.78, 5) is 0. The Labute approximate surface area is 117 Å². The van der Waals surface area contributed by atoms with Gasteiger partial charge in [0.15, 0.2) is 0 Å². The summed E-state index contributed by atoms with van der Waals surface area (Å²) in [6.07, 6.45) is 0. The van der Waals surface area contributed by atoms with E-state index in [0.717, 1.165) is 28.2 Å². The van der Waals surface area contributed by atoms with Gasteiger partial charge in [0.2, 0.25) is 0 Å². The summed E-state index contributed by atoms with van der Waals surface area (Å²) in [5, 5.41) is 8.44. The fraction of sp³-hybridized carbons (Fsp3) is 0.143. The van der Waals surface area contributed by atoms with Crippen molar-refractivity contribution in [2.75, 3.05) is 5.73 Å². The van der Waals surface area contributed by atoms with Gasteiger partial charge in [0.05, 0.1) is 23.2 Å². The zero-order valence-corrected chi connectivity index (χ0v) is 11.6. The molecule has 3 N–H and O–H groups in total. The van der Waals surface area contributed by atoms with Crippen LogP contribution in [0.5, 0.6) is 0 Å². The summed E-state index contributed by atoms with van der Waals surface area (Å²) >= 11 is 3.64. The molecule has 0 saturated carbocycles. The standard InChI is InChI=1S/C14H15N3.ClHO/c1-10-5-3-4-6-14(10)17-16-12-7-8-13(15)11(2)9-12;1-2/h3-9H,15H2,1-2H3;2H. The van der Waals surface area contributed by atoms with Crippen molar-refractivity contribution in [2.24, 2.45) is 10.2 Å². The summed E-state index contributed by atoms with van der Waals surface area (Å²) in [7, 11) is 0. The molecule has 4 nitrogen and oxygen atoms in total. The zero-order valence-electron chi connectivity index (χ0n) is 10.8. The highest BCUT2D eigenvalue weighted by Crippen LogP contribution is 2.23. The van der Waals surface area contributed by atoms with Crippen molar-refractivity contribution >= 4 is 28.9 Å². The molecule has 0 atom stereocenters. The van der Waals surface area contributed by atoms with Gasteiger partial charge < -0.3 is 5.73 Å². The van der Waals surface area contributed by atoms with Crippen LogP contribution in [-0.2, 0) is 0 Å². The molecule has 0 aliphatic carbocycles. The molecule has 0 heterocycles. The van der Waals surface area contributed by atoms with Gasteiger partial charge in [-0.05, 0) is 49.2 Å². The second-order valence-electron chi connectivity index (χ2n) is 4.03. The van der Waals surface area contributed by atoms with Crippen LogP contribution in [0.2, 0.25) is 0 Å². The Kier molecular flexibility index (Phi) is 5.99. The first kappa shape index (κ1) is 15.1. The van der Waals surface area contributed by atoms with Crippen LogP contribution >= 0.6 is 11.9 Å². The number of nitrogen functional groups attached to an aromatic ring is 1. The maximum atomic E-state index is 6.47. The smallest absolute Gasteiger partial charge is 0.0886 e. The summed E-state index contributed by atoms with van der Waals surface area (Å²) in [6.45, 7) is 3.98. The fourth-order valence-corrected chi connectivity index (χ4v) is 1.51. The number of rotatable bonds is 2. The highest BCUT2D eigenvalue weighted by molar-refractivity contribution is 6.04. The number of nitrogens with zero attached hydrogens (tertiary/aromatic N) is 2. The molecule has 0 fully saturated rings. The van der Waals surface area contributed by atoms with Gasteiger partial charge in [0.1, 0.15) is 0 Å². The molecule has 0 bridgehead atoms. The normalized spacial score (nSPS) is 10.1. The number of halogens is 1. The molecule has 100 valence electrons. The molecule has 2 aromatic rings. The number of hydrogen-bond acceptors (Lipinski definition) is 4. The van der Waals surface area contributed by atoms with Gasteiger partial charge in [0, 0.05) is 5.69 Å². The monoisotopic (exact) mass is 277 g/mol. The van der Waals surface area contributed by atoms with Gasteiger partial charge in [-0.25, -0.2) is 0 Å². The molecule has 0 amide bonds. The van der Waals surface area contributed by atoms with Crippen molar-refractivity contribution in [1.29, 1.82) is 0 Å². The molecule has 0 spiro atoms. The second-order valence-corrected chi connectivity index (χ2v) is 4.03. The number of benzene rings is 2. The minimum absolute atomic E-state index is 0.778. The zero-order chi connectivity index (χ0) is 14.3. The van der Waals surface area contributed by atoms with Crippen LogP contribution in [0.15, 0.2) is 52.7 Å². The van der Waals surface area contributed by atoms with Crippen LogP contribution < -0.4 is 5.73 Å². The number of anilines is 1. The van der Waals surface area contributed by atoms with Gasteiger partial charge in [0.25, 0.3) is 0 Å². The van der Waals surface area contributed by atoms with E-state index in [0.29, 0.717) is 0 Å². The Balaban J connectivity index is 0.000000861. The molecule has 0 saturated heterocycles. The third-order valence-corrected chi connectivity index (χ3v) is 2.64. The van der Waals surface area contributed by atoms with Gasteiger partial charge >= 0.3 is 0 Å². The molecule has 0 unspecified atom stereocenters. The highest BCUT2D eigenvalue weighted by atomic mass is 35.5. The van der Waals surface area contributed by atoms with Crippen molar-refractivity contribution in [3.63, 3.8) is 0 Å². The molecule has 0 aliphatic heterocycles. The molecule has 19 heavy (non-hydrogen) atoms. The molecule has 2 rings (SSSR count). The van der Waals surface area contributed by atoms with Gasteiger partial charge in [-0.3, -0.25) is 4.66 Å². The molecular formula is C14H16ClN3O. The molecule has 0 radical (unpaired) electrons. The van der Waals surface area contributed by atoms with Crippen LogP contribution in [0.3, 0.4) is 0 Å². The third-order valence-electron chi connectivity index (χ3n) is 2.64. The highest BCUT2D eigenvalue weighted by Gasteiger charge is 1.96. The Morgan fingerprint density at radius 3 is 2.26 bits per heavy atom. The van der Waals surface area contributed by atoms with Gasteiger partial charge in [-0.1, -0.05) is 18.2 Å². The van der Waals surface area contributed by atoms with E-state index >= 15 is 0 Å². The van der Waals surface area contributed by atoms with Crippen LogP contribution in [-0.4, -0.2) is 4.66 Å². The first-order valence-corrected chi connectivity index (χ1v) is 6.01. The molecular weight excluding hydrogens is 262 g/mol. The topological polar surface area (TPSA) is 71.0 Å². The Morgan fingerprint density at radius 2 is 1.63 bits per heavy atom. The first-order chi connectivity index (χ1) is 9.16. The third kappa shape index (κ3) is 4.35. The predicted octanol–water partition coefficient (Wildman–Crippen LogP) is 4.43. The van der Waals surface area contributed by atoms with E-state index < -0.39 is 0 Å². The van der Waals surface area contributed by atoms with Gasteiger partial charge in [-0.2, -0.15) is 10.2 Å². The molecule has 0 aromatic heterocycles. The van der Waals surface area contributed by atoms with Crippen LogP contribution in [0.4, 0.5) is 17.1 Å². The average Bonchev–Trinajstić information content (AvgIpc) is 2.44. The van der Waals surface area contributed by atoms with E-state index in [1.165, 1.54) is 0 Å². The maximum Gasteiger partial charge on any atom is 0.0886 e. The Hall–Kier alpha value is -1.91. The lowest BCUT2D eigenvalue weighted by Gasteiger charge is -2.00. The molecule has 2 aromatic carbocycles. The summed E-state index contributed by atoms with van der Waals surface area (Å²) in [6, 6.07) is 13.5. The number of hydrogen-bond donors (Lipinski definition) is 2. The molecule has 5 heteroatoms. The minimum Gasteiger partial charge on any atom is -0.399 e. The van der Waals surface area contributed by atoms with Crippen LogP contribution in [0.25, 0.3) is 0 Å². The number of azo groups is 1. The van der Waals surface area contributed by atoms with E-state index in [2.05, 4.69) is 22.1 Å². The van der Waals surface area contributed by atoms with Crippen molar-refractivity contribution < 1.29 is 4.66 Å². The summed E-state index contributed by atoms with van der Waals surface area (Å²) < 4.78 is 6.47. The van der Waals surface area contributed by atoms with Crippen molar-refractivity contribution in [3.05, 3.63) is 53.6 Å². The van der Waals surface area contributed by atoms with Crippen molar-refractivity contribution in [3.8, 4) is 0 Å². The van der Waals surface area contributed by atoms with E-state index in [-0.39, 0.29) is 0 Å². The summed E-state index contributed by atoms with van der Waals surface area (Å²) in [5.74, 6) is 0. The lowest BCUT2D eigenvalue weighted by Crippen LogP contribution is -1.87.